The molecule has 1 aliphatic carbocycles. The minimum Gasteiger partial charge on any atom is -0.409 e. The van der Waals surface area contributed by atoms with Crippen molar-refractivity contribution < 1.29 is 9.60 Å². The van der Waals surface area contributed by atoms with Crippen molar-refractivity contribution in [3.05, 3.63) is 35.1 Å². The van der Waals surface area contributed by atoms with Crippen molar-refractivity contribution in [2.24, 2.45) is 16.3 Å². The van der Waals surface area contributed by atoms with Gasteiger partial charge in [0.2, 0.25) is 0 Å². The zero-order valence-electron chi connectivity index (χ0n) is 12.5. The van der Waals surface area contributed by atoms with E-state index in [1.54, 1.807) is 6.07 Å². The fraction of sp³-hybridized carbons (Fsp3) is 0.562. The van der Waals surface area contributed by atoms with Crippen molar-refractivity contribution >= 4 is 5.84 Å². The summed E-state index contributed by atoms with van der Waals surface area (Å²) >= 11 is 0. The SMILES string of the molecule is CC1(CNCc2ccc(F)cc2/C(N)=N/O)CCCCC1. The number of nitrogens with two attached hydrogens (primary N) is 1. The summed E-state index contributed by atoms with van der Waals surface area (Å²) in [5.41, 5.74) is 7.23. The molecule has 0 unspecified atom stereocenters. The zero-order valence-corrected chi connectivity index (χ0v) is 12.5. The van der Waals surface area contributed by atoms with E-state index in [2.05, 4.69) is 17.4 Å². The molecule has 1 aromatic carbocycles. The lowest BCUT2D eigenvalue weighted by Gasteiger charge is -2.33. The Labute approximate surface area is 125 Å². The van der Waals surface area contributed by atoms with Gasteiger partial charge in [-0.3, -0.25) is 0 Å². The van der Waals surface area contributed by atoms with E-state index in [1.807, 2.05) is 0 Å². The third kappa shape index (κ3) is 4.17. The predicted octanol–water partition coefficient (Wildman–Crippen LogP) is 2.98. The molecule has 1 fully saturated rings. The zero-order chi connectivity index (χ0) is 15.3. The third-order valence-corrected chi connectivity index (χ3v) is 4.38. The van der Waals surface area contributed by atoms with E-state index in [9.17, 15) is 4.39 Å². The second kappa shape index (κ2) is 6.89. The number of hydrogen-bond donors (Lipinski definition) is 3. The molecule has 0 atom stereocenters. The summed E-state index contributed by atoms with van der Waals surface area (Å²) in [5, 5.41) is 15.2. The lowest BCUT2D eigenvalue weighted by molar-refractivity contribution is 0.207. The first kappa shape index (κ1) is 15.8. The van der Waals surface area contributed by atoms with Gasteiger partial charge in [-0.25, -0.2) is 4.39 Å². The predicted molar refractivity (Wildman–Crippen MR) is 81.8 cm³/mol. The van der Waals surface area contributed by atoms with Crippen LogP contribution in [0, 0.1) is 11.2 Å². The Kier molecular flexibility index (Phi) is 5.17. The summed E-state index contributed by atoms with van der Waals surface area (Å²) in [6, 6.07) is 4.38. The fourth-order valence-electron chi connectivity index (χ4n) is 3.08. The first-order valence-corrected chi connectivity index (χ1v) is 7.51. The van der Waals surface area contributed by atoms with Gasteiger partial charge in [-0.2, -0.15) is 0 Å². The highest BCUT2D eigenvalue weighted by Gasteiger charge is 2.26. The van der Waals surface area contributed by atoms with E-state index in [-0.39, 0.29) is 11.7 Å². The summed E-state index contributed by atoms with van der Waals surface area (Å²) in [7, 11) is 0. The number of rotatable bonds is 5. The molecule has 5 heteroatoms. The standard InChI is InChI=1S/C16H24FN3O/c1-16(7-3-2-4-8-16)11-19-10-12-5-6-13(17)9-14(12)15(18)20-21/h5-6,9,19,21H,2-4,7-8,10-11H2,1H3,(H2,18,20). The molecule has 1 aliphatic rings. The molecule has 0 aromatic heterocycles. The van der Waals surface area contributed by atoms with Gasteiger partial charge in [-0.1, -0.05) is 37.4 Å². The molecule has 0 aliphatic heterocycles. The van der Waals surface area contributed by atoms with E-state index in [4.69, 9.17) is 10.9 Å². The highest BCUT2D eigenvalue weighted by molar-refractivity contribution is 5.98. The molecule has 1 saturated carbocycles. The summed E-state index contributed by atoms with van der Waals surface area (Å²) in [6.45, 7) is 3.83. The van der Waals surface area contributed by atoms with Crippen LogP contribution in [-0.2, 0) is 6.54 Å². The van der Waals surface area contributed by atoms with Crippen molar-refractivity contribution in [2.75, 3.05) is 6.54 Å². The Morgan fingerprint density at radius 1 is 1.38 bits per heavy atom. The molecular weight excluding hydrogens is 269 g/mol. The van der Waals surface area contributed by atoms with Gasteiger partial charge in [0.15, 0.2) is 5.84 Å². The Balaban J connectivity index is 2.00. The fourth-order valence-corrected chi connectivity index (χ4v) is 3.08. The van der Waals surface area contributed by atoms with Gasteiger partial charge in [0.1, 0.15) is 5.82 Å². The molecule has 0 heterocycles. The Morgan fingerprint density at radius 3 is 2.76 bits per heavy atom. The van der Waals surface area contributed by atoms with Gasteiger partial charge in [0.05, 0.1) is 0 Å². The maximum absolute atomic E-state index is 13.3. The van der Waals surface area contributed by atoms with Gasteiger partial charge < -0.3 is 16.3 Å². The first-order chi connectivity index (χ1) is 10.0. The first-order valence-electron chi connectivity index (χ1n) is 7.51. The van der Waals surface area contributed by atoms with E-state index >= 15 is 0 Å². The summed E-state index contributed by atoms with van der Waals surface area (Å²) in [4.78, 5) is 0. The molecule has 0 amide bonds. The minimum absolute atomic E-state index is 0.0600. The number of halogens is 1. The van der Waals surface area contributed by atoms with Crippen LogP contribution in [0.1, 0.15) is 50.2 Å². The van der Waals surface area contributed by atoms with E-state index in [0.29, 0.717) is 17.5 Å². The van der Waals surface area contributed by atoms with Crippen LogP contribution in [0.25, 0.3) is 0 Å². The molecule has 2 rings (SSSR count). The topological polar surface area (TPSA) is 70.6 Å². The average molecular weight is 293 g/mol. The number of nitrogens with one attached hydrogen (secondary N) is 1. The van der Waals surface area contributed by atoms with E-state index in [0.717, 1.165) is 12.1 Å². The quantitative estimate of drug-likeness (QED) is 0.338. The van der Waals surface area contributed by atoms with Crippen LogP contribution < -0.4 is 11.1 Å². The van der Waals surface area contributed by atoms with Crippen molar-refractivity contribution in [2.45, 2.75) is 45.6 Å². The number of oxime groups is 1. The highest BCUT2D eigenvalue weighted by Crippen LogP contribution is 2.34. The second-order valence-electron chi connectivity index (χ2n) is 6.26. The Hall–Kier alpha value is -1.62. The van der Waals surface area contributed by atoms with Crippen LogP contribution in [0.15, 0.2) is 23.4 Å². The number of amidine groups is 1. The average Bonchev–Trinajstić information content (AvgIpc) is 2.48. The third-order valence-electron chi connectivity index (χ3n) is 4.38. The largest absolute Gasteiger partial charge is 0.409 e. The molecule has 116 valence electrons. The number of nitrogens with zero attached hydrogens (tertiary/aromatic N) is 1. The van der Waals surface area contributed by atoms with Crippen LogP contribution >= 0.6 is 0 Å². The minimum atomic E-state index is -0.389. The van der Waals surface area contributed by atoms with E-state index < -0.39 is 0 Å². The molecule has 0 saturated heterocycles. The van der Waals surface area contributed by atoms with Crippen LogP contribution in [0.2, 0.25) is 0 Å². The summed E-state index contributed by atoms with van der Waals surface area (Å²) in [6.07, 6.45) is 6.42. The maximum Gasteiger partial charge on any atom is 0.170 e. The van der Waals surface area contributed by atoms with Gasteiger partial charge in [-0.15, -0.1) is 0 Å². The summed E-state index contributed by atoms with van der Waals surface area (Å²) < 4.78 is 13.3. The Morgan fingerprint density at radius 2 is 2.10 bits per heavy atom. The molecule has 0 radical (unpaired) electrons. The lowest BCUT2D eigenvalue weighted by atomic mass is 9.76. The molecule has 1 aromatic rings. The van der Waals surface area contributed by atoms with Crippen molar-refractivity contribution in [1.29, 1.82) is 0 Å². The normalized spacial score (nSPS) is 18.7. The molecule has 4 nitrogen and oxygen atoms in total. The van der Waals surface area contributed by atoms with Gasteiger partial charge in [0.25, 0.3) is 0 Å². The lowest BCUT2D eigenvalue weighted by Crippen LogP contribution is -2.33. The number of benzene rings is 1. The second-order valence-corrected chi connectivity index (χ2v) is 6.26. The van der Waals surface area contributed by atoms with Gasteiger partial charge >= 0.3 is 0 Å². The van der Waals surface area contributed by atoms with Gasteiger partial charge in [-0.05, 0) is 36.0 Å². The molecule has 21 heavy (non-hydrogen) atoms. The molecule has 0 bridgehead atoms. The number of hydrogen-bond acceptors (Lipinski definition) is 3. The van der Waals surface area contributed by atoms with Crippen molar-refractivity contribution in [3.63, 3.8) is 0 Å². The van der Waals surface area contributed by atoms with Crippen LogP contribution in [-0.4, -0.2) is 17.6 Å². The van der Waals surface area contributed by atoms with Crippen molar-refractivity contribution in [3.8, 4) is 0 Å². The van der Waals surface area contributed by atoms with Crippen LogP contribution in [0.5, 0.6) is 0 Å². The monoisotopic (exact) mass is 293 g/mol. The smallest absolute Gasteiger partial charge is 0.170 e. The van der Waals surface area contributed by atoms with Crippen LogP contribution in [0.4, 0.5) is 4.39 Å². The maximum atomic E-state index is 13.3. The van der Waals surface area contributed by atoms with Crippen LogP contribution in [0.3, 0.4) is 0 Å². The molecule has 0 spiro atoms. The molecular formula is C16H24FN3O. The van der Waals surface area contributed by atoms with Gasteiger partial charge in [0, 0.05) is 18.7 Å². The summed E-state index contributed by atoms with van der Waals surface area (Å²) in [5.74, 6) is -0.449. The Bertz CT molecular complexity index is 510. The van der Waals surface area contributed by atoms with E-state index in [1.165, 1.54) is 44.2 Å². The highest BCUT2D eigenvalue weighted by atomic mass is 19.1. The van der Waals surface area contributed by atoms with Crippen molar-refractivity contribution in [1.82, 2.24) is 5.32 Å². The molecule has 4 N–H and O–H groups in total.